The molecule has 0 fully saturated rings. The molecule has 0 spiro atoms. The van der Waals surface area contributed by atoms with Gasteiger partial charge in [-0.1, -0.05) is 5.16 Å². The predicted octanol–water partition coefficient (Wildman–Crippen LogP) is 1.61. The first-order chi connectivity index (χ1) is 8.47. The monoisotopic (exact) mass is 249 g/mol. The Morgan fingerprint density at radius 2 is 2.17 bits per heavy atom. The molecule has 0 radical (unpaired) electrons. The molecule has 0 unspecified atom stereocenters. The van der Waals surface area contributed by atoms with Gasteiger partial charge < -0.3 is 4.52 Å². The van der Waals surface area contributed by atoms with Gasteiger partial charge in [0.15, 0.2) is 5.82 Å². The van der Waals surface area contributed by atoms with E-state index in [1.807, 2.05) is 38.8 Å². The summed E-state index contributed by atoms with van der Waals surface area (Å²) in [5.41, 5.74) is 2.27. The molecule has 0 saturated heterocycles. The number of hydrogen-bond donors (Lipinski definition) is 0. The van der Waals surface area contributed by atoms with Gasteiger partial charge in [-0.15, -0.1) is 0 Å². The SMILES string of the molecule is Cc1noc([C@@H](C)N(C)Cc2cn(C)nc2C)n1. The third-order valence-electron chi connectivity index (χ3n) is 3.10. The molecule has 0 amide bonds. The Labute approximate surface area is 107 Å². The molecule has 0 aliphatic carbocycles. The lowest BCUT2D eigenvalue weighted by molar-refractivity contribution is 0.202. The molecular formula is C12H19N5O. The standard InChI is InChI=1S/C12H19N5O/c1-8-11(7-17(5)14-8)6-16(4)9(2)12-13-10(3)15-18-12/h7,9H,6H2,1-5H3/t9-/m1/s1. The second-order valence-electron chi connectivity index (χ2n) is 4.68. The summed E-state index contributed by atoms with van der Waals surface area (Å²) < 4.78 is 7.03. The summed E-state index contributed by atoms with van der Waals surface area (Å²) in [6, 6.07) is 0.0887. The molecule has 1 atom stereocenters. The van der Waals surface area contributed by atoms with Crippen molar-refractivity contribution in [3.63, 3.8) is 0 Å². The quantitative estimate of drug-likeness (QED) is 0.824. The maximum absolute atomic E-state index is 5.20. The lowest BCUT2D eigenvalue weighted by Gasteiger charge is -2.21. The van der Waals surface area contributed by atoms with Crippen molar-refractivity contribution in [2.24, 2.45) is 7.05 Å². The first kappa shape index (κ1) is 12.8. The summed E-state index contributed by atoms with van der Waals surface area (Å²) in [5, 5.41) is 8.16. The van der Waals surface area contributed by atoms with E-state index >= 15 is 0 Å². The Kier molecular flexibility index (Phi) is 3.47. The Balaban J connectivity index is 2.08. The average molecular weight is 249 g/mol. The molecule has 6 nitrogen and oxygen atoms in total. The van der Waals surface area contributed by atoms with Gasteiger partial charge in [0.1, 0.15) is 0 Å². The van der Waals surface area contributed by atoms with E-state index in [-0.39, 0.29) is 6.04 Å². The summed E-state index contributed by atoms with van der Waals surface area (Å²) in [5.74, 6) is 1.32. The smallest absolute Gasteiger partial charge is 0.243 e. The number of nitrogens with zero attached hydrogens (tertiary/aromatic N) is 5. The maximum Gasteiger partial charge on any atom is 0.243 e. The van der Waals surface area contributed by atoms with Gasteiger partial charge in [-0.3, -0.25) is 9.58 Å². The minimum Gasteiger partial charge on any atom is -0.338 e. The zero-order valence-corrected chi connectivity index (χ0v) is 11.5. The van der Waals surface area contributed by atoms with E-state index in [0.717, 1.165) is 12.2 Å². The normalized spacial score (nSPS) is 13.2. The van der Waals surface area contributed by atoms with Gasteiger partial charge in [0.2, 0.25) is 5.89 Å². The van der Waals surface area contributed by atoms with Crippen LogP contribution in [0.25, 0.3) is 0 Å². The van der Waals surface area contributed by atoms with Crippen LogP contribution in [0.3, 0.4) is 0 Å². The van der Waals surface area contributed by atoms with E-state index in [1.54, 1.807) is 0 Å². The Morgan fingerprint density at radius 1 is 1.44 bits per heavy atom. The molecule has 2 aromatic heterocycles. The number of aromatic nitrogens is 4. The fourth-order valence-corrected chi connectivity index (χ4v) is 1.88. The zero-order chi connectivity index (χ0) is 13.3. The van der Waals surface area contributed by atoms with E-state index < -0.39 is 0 Å². The third-order valence-corrected chi connectivity index (χ3v) is 3.10. The van der Waals surface area contributed by atoms with Gasteiger partial charge in [0.25, 0.3) is 0 Å². The molecule has 0 aliphatic heterocycles. The maximum atomic E-state index is 5.20. The molecule has 0 N–H and O–H groups in total. The van der Waals surface area contributed by atoms with Crippen molar-refractivity contribution in [2.45, 2.75) is 33.4 Å². The van der Waals surface area contributed by atoms with E-state index in [2.05, 4.69) is 27.1 Å². The van der Waals surface area contributed by atoms with Gasteiger partial charge in [0, 0.05) is 25.4 Å². The van der Waals surface area contributed by atoms with Crippen molar-refractivity contribution in [1.29, 1.82) is 0 Å². The molecule has 98 valence electrons. The van der Waals surface area contributed by atoms with Gasteiger partial charge in [-0.25, -0.2) is 0 Å². The summed E-state index contributed by atoms with van der Waals surface area (Å²) in [6.45, 7) is 6.70. The Hall–Kier alpha value is -1.69. The van der Waals surface area contributed by atoms with E-state index in [1.165, 1.54) is 5.56 Å². The van der Waals surface area contributed by atoms with Crippen LogP contribution < -0.4 is 0 Å². The van der Waals surface area contributed by atoms with E-state index in [4.69, 9.17) is 4.52 Å². The lowest BCUT2D eigenvalue weighted by Crippen LogP contribution is -2.22. The number of rotatable bonds is 4. The molecule has 18 heavy (non-hydrogen) atoms. The zero-order valence-electron chi connectivity index (χ0n) is 11.5. The minimum absolute atomic E-state index is 0.0887. The fourth-order valence-electron chi connectivity index (χ4n) is 1.88. The van der Waals surface area contributed by atoms with Gasteiger partial charge in [0.05, 0.1) is 11.7 Å². The fraction of sp³-hybridized carbons (Fsp3) is 0.583. The van der Waals surface area contributed by atoms with Crippen LogP contribution in [0.1, 0.15) is 35.9 Å². The number of hydrogen-bond acceptors (Lipinski definition) is 5. The summed E-state index contributed by atoms with van der Waals surface area (Å²) in [7, 11) is 3.97. The van der Waals surface area contributed by atoms with E-state index in [0.29, 0.717) is 11.7 Å². The highest BCUT2D eigenvalue weighted by atomic mass is 16.5. The molecule has 6 heteroatoms. The molecule has 0 saturated carbocycles. The highest BCUT2D eigenvalue weighted by Gasteiger charge is 2.19. The van der Waals surface area contributed by atoms with Gasteiger partial charge in [-0.2, -0.15) is 10.1 Å². The van der Waals surface area contributed by atoms with Crippen LogP contribution in [0.4, 0.5) is 0 Å². The Bertz CT molecular complexity index is 530. The predicted molar refractivity (Wildman–Crippen MR) is 66.9 cm³/mol. The third kappa shape index (κ3) is 2.59. The second kappa shape index (κ2) is 4.89. The highest BCUT2D eigenvalue weighted by Crippen LogP contribution is 2.19. The molecular weight excluding hydrogens is 230 g/mol. The topological polar surface area (TPSA) is 60.0 Å². The van der Waals surface area contributed by atoms with Crippen LogP contribution in [-0.2, 0) is 13.6 Å². The lowest BCUT2D eigenvalue weighted by atomic mass is 10.2. The average Bonchev–Trinajstić information content (AvgIpc) is 2.85. The van der Waals surface area contributed by atoms with Gasteiger partial charge >= 0.3 is 0 Å². The van der Waals surface area contributed by atoms with Crippen LogP contribution in [0.2, 0.25) is 0 Å². The summed E-state index contributed by atoms with van der Waals surface area (Å²) >= 11 is 0. The van der Waals surface area contributed by atoms with Crippen molar-refractivity contribution >= 4 is 0 Å². The molecule has 2 heterocycles. The summed E-state index contributed by atoms with van der Waals surface area (Å²) in [6.07, 6.45) is 2.04. The summed E-state index contributed by atoms with van der Waals surface area (Å²) in [4.78, 5) is 6.42. The van der Waals surface area contributed by atoms with Crippen molar-refractivity contribution in [1.82, 2.24) is 24.8 Å². The highest BCUT2D eigenvalue weighted by molar-refractivity contribution is 5.15. The van der Waals surface area contributed by atoms with Crippen molar-refractivity contribution < 1.29 is 4.52 Å². The minimum atomic E-state index is 0.0887. The van der Waals surface area contributed by atoms with Gasteiger partial charge in [-0.05, 0) is 27.8 Å². The van der Waals surface area contributed by atoms with Crippen LogP contribution in [0.5, 0.6) is 0 Å². The van der Waals surface area contributed by atoms with Crippen LogP contribution in [0.15, 0.2) is 10.7 Å². The van der Waals surface area contributed by atoms with Crippen LogP contribution in [0, 0.1) is 13.8 Å². The van der Waals surface area contributed by atoms with Crippen molar-refractivity contribution in [3.8, 4) is 0 Å². The molecule has 0 bridgehead atoms. The number of aryl methyl sites for hydroxylation is 3. The molecule has 0 aliphatic rings. The van der Waals surface area contributed by atoms with Crippen LogP contribution >= 0.6 is 0 Å². The molecule has 2 rings (SSSR count). The Morgan fingerprint density at radius 3 is 2.67 bits per heavy atom. The first-order valence-corrected chi connectivity index (χ1v) is 5.97. The first-order valence-electron chi connectivity index (χ1n) is 5.97. The van der Waals surface area contributed by atoms with Crippen LogP contribution in [-0.4, -0.2) is 31.9 Å². The molecule has 0 aromatic carbocycles. The largest absolute Gasteiger partial charge is 0.338 e. The van der Waals surface area contributed by atoms with Crippen molar-refractivity contribution in [3.05, 3.63) is 29.2 Å². The van der Waals surface area contributed by atoms with Crippen molar-refractivity contribution in [2.75, 3.05) is 7.05 Å². The van der Waals surface area contributed by atoms with E-state index in [9.17, 15) is 0 Å². The second-order valence-corrected chi connectivity index (χ2v) is 4.68. The molecule has 2 aromatic rings.